The third kappa shape index (κ3) is 2.42. The normalized spacial score (nSPS) is 9.88. The van der Waals surface area contributed by atoms with Gasteiger partial charge < -0.3 is 4.74 Å². The minimum absolute atomic E-state index is 0.312. The highest BCUT2D eigenvalue weighted by atomic mass is 16.5. The summed E-state index contributed by atoms with van der Waals surface area (Å²) in [7, 11) is 0. The van der Waals surface area contributed by atoms with Crippen molar-refractivity contribution < 1.29 is 4.74 Å². The highest BCUT2D eigenvalue weighted by Crippen LogP contribution is 2.17. The molecule has 0 saturated heterocycles. The van der Waals surface area contributed by atoms with Gasteiger partial charge in [-0.15, -0.1) is 0 Å². The lowest BCUT2D eigenvalue weighted by atomic mass is 10.2. The number of hydrogen-bond acceptors (Lipinski definition) is 4. The summed E-state index contributed by atoms with van der Waals surface area (Å²) >= 11 is 0. The molecule has 0 radical (unpaired) electrons. The van der Waals surface area contributed by atoms with Crippen molar-refractivity contribution in [3.05, 3.63) is 42.0 Å². The molecule has 0 saturated carbocycles. The second-order valence-corrected chi connectivity index (χ2v) is 3.39. The molecule has 1 aromatic carbocycles. The van der Waals surface area contributed by atoms with Gasteiger partial charge in [-0.3, -0.25) is 0 Å². The fourth-order valence-corrected chi connectivity index (χ4v) is 1.49. The molecule has 1 heterocycles. The number of ether oxygens (including phenoxy) is 1. The maximum absolute atomic E-state index is 8.91. The Morgan fingerprint density at radius 3 is 3.00 bits per heavy atom. The van der Waals surface area contributed by atoms with Crippen molar-refractivity contribution in [3.8, 4) is 11.8 Å². The number of aromatic nitrogens is 3. The molecule has 0 spiro atoms. The molecule has 0 fully saturated rings. The van der Waals surface area contributed by atoms with Crippen LogP contribution >= 0.6 is 0 Å². The molecule has 2 aromatic rings. The van der Waals surface area contributed by atoms with E-state index >= 15 is 0 Å². The van der Waals surface area contributed by atoms with Gasteiger partial charge in [-0.25, -0.2) is 9.67 Å². The average molecular weight is 228 g/mol. The summed E-state index contributed by atoms with van der Waals surface area (Å²) in [5.41, 5.74) is 0.523. The molecule has 0 aliphatic heterocycles. The first-order valence-corrected chi connectivity index (χ1v) is 5.33. The first-order chi connectivity index (χ1) is 8.35. The molecule has 86 valence electrons. The summed E-state index contributed by atoms with van der Waals surface area (Å²) in [5, 5.41) is 13.0. The molecule has 0 unspecified atom stereocenters. The highest BCUT2D eigenvalue weighted by molar-refractivity contribution is 5.42. The third-order valence-corrected chi connectivity index (χ3v) is 2.36. The number of nitriles is 1. The zero-order valence-corrected chi connectivity index (χ0v) is 9.50. The average Bonchev–Trinajstić information content (AvgIpc) is 2.84. The van der Waals surface area contributed by atoms with E-state index in [9.17, 15) is 0 Å². The van der Waals surface area contributed by atoms with Crippen molar-refractivity contribution in [1.29, 1.82) is 5.26 Å². The number of aryl methyl sites for hydroxylation is 1. The Balaban J connectivity index is 2.10. The van der Waals surface area contributed by atoms with E-state index in [1.54, 1.807) is 22.9 Å². The van der Waals surface area contributed by atoms with Crippen LogP contribution in [-0.4, -0.2) is 14.8 Å². The van der Waals surface area contributed by atoms with Crippen molar-refractivity contribution in [3.63, 3.8) is 0 Å². The van der Waals surface area contributed by atoms with E-state index in [0.29, 0.717) is 17.9 Å². The standard InChI is InChI=1S/C12H12N4O/c1-2-16-12(14-9-15-16)8-17-11-6-4-3-5-10(11)7-13/h3-6,9H,2,8H2,1H3. The van der Waals surface area contributed by atoms with Crippen LogP contribution in [0.1, 0.15) is 18.3 Å². The fourth-order valence-electron chi connectivity index (χ4n) is 1.49. The van der Waals surface area contributed by atoms with Crippen LogP contribution in [0.2, 0.25) is 0 Å². The maximum atomic E-state index is 8.91. The SMILES string of the molecule is CCn1ncnc1COc1ccccc1C#N. The van der Waals surface area contributed by atoms with Crippen LogP contribution in [0.15, 0.2) is 30.6 Å². The number of para-hydroxylation sites is 1. The minimum atomic E-state index is 0.312. The van der Waals surface area contributed by atoms with E-state index in [-0.39, 0.29) is 0 Å². The predicted molar refractivity (Wildman–Crippen MR) is 61.2 cm³/mol. The molecule has 5 nitrogen and oxygen atoms in total. The largest absolute Gasteiger partial charge is 0.484 e. The van der Waals surface area contributed by atoms with Gasteiger partial charge in [-0.2, -0.15) is 10.4 Å². The Hall–Kier alpha value is -2.35. The van der Waals surface area contributed by atoms with Gasteiger partial charge in [0, 0.05) is 6.54 Å². The molecule has 0 aliphatic rings. The predicted octanol–water partition coefficient (Wildman–Crippen LogP) is 1.75. The number of rotatable bonds is 4. The Morgan fingerprint density at radius 2 is 2.24 bits per heavy atom. The number of nitrogens with zero attached hydrogens (tertiary/aromatic N) is 4. The molecular weight excluding hydrogens is 216 g/mol. The Labute approximate surface area is 99.3 Å². The van der Waals surface area contributed by atoms with E-state index in [0.717, 1.165) is 12.4 Å². The molecule has 0 N–H and O–H groups in total. The Kier molecular flexibility index (Phi) is 3.36. The monoisotopic (exact) mass is 228 g/mol. The molecule has 0 atom stereocenters. The van der Waals surface area contributed by atoms with Crippen molar-refractivity contribution in [2.45, 2.75) is 20.1 Å². The van der Waals surface area contributed by atoms with Crippen molar-refractivity contribution in [1.82, 2.24) is 14.8 Å². The van der Waals surface area contributed by atoms with Gasteiger partial charge >= 0.3 is 0 Å². The van der Waals surface area contributed by atoms with Crippen molar-refractivity contribution in [2.24, 2.45) is 0 Å². The second kappa shape index (κ2) is 5.12. The van der Waals surface area contributed by atoms with Gasteiger partial charge in [-0.1, -0.05) is 12.1 Å². The lowest BCUT2D eigenvalue weighted by Gasteiger charge is -2.07. The molecule has 5 heteroatoms. The van der Waals surface area contributed by atoms with Crippen LogP contribution in [0.5, 0.6) is 5.75 Å². The van der Waals surface area contributed by atoms with E-state index in [1.165, 1.54) is 6.33 Å². The first-order valence-electron chi connectivity index (χ1n) is 5.33. The summed E-state index contributed by atoms with van der Waals surface area (Å²) in [5.74, 6) is 1.32. The summed E-state index contributed by atoms with van der Waals surface area (Å²) in [6.45, 7) is 3.05. The molecule has 1 aromatic heterocycles. The van der Waals surface area contributed by atoms with Gasteiger partial charge in [0.15, 0.2) is 5.82 Å². The lowest BCUT2D eigenvalue weighted by Crippen LogP contribution is -2.07. The van der Waals surface area contributed by atoms with Gasteiger partial charge in [-0.05, 0) is 19.1 Å². The summed E-state index contributed by atoms with van der Waals surface area (Å²) in [4.78, 5) is 4.10. The van der Waals surface area contributed by atoms with Gasteiger partial charge in [0.05, 0.1) is 5.56 Å². The van der Waals surface area contributed by atoms with E-state index in [2.05, 4.69) is 16.2 Å². The van der Waals surface area contributed by atoms with Gasteiger partial charge in [0.2, 0.25) is 0 Å². The molecule has 0 amide bonds. The molecule has 0 aliphatic carbocycles. The van der Waals surface area contributed by atoms with Crippen LogP contribution in [0.25, 0.3) is 0 Å². The first kappa shape index (κ1) is 11.1. The molecule has 17 heavy (non-hydrogen) atoms. The van der Waals surface area contributed by atoms with E-state index in [4.69, 9.17) is 10.00 Å². The van der Waals surface area contributed by atoms with E-state index < -0.39 is 0 Å². The third-order valence-electron chi connectivity index (χ3n) is 2.36. The minimum Gasteiger partial charge on any atom is -0.484 e. The zero-order chi connectivity index (χ0) is 12.1. The van der Waals surface area contributed by atoms with Crippen LogP contribution in [0.4, 0.5) is 0 Å². The number of hydrogen-bond donors (Lipinski definition) is 0. The van der Waals surface area contributed by atoms with Gasteiger partial charge in [0.1, 0.15) is 24.8 Å². The van der Waals surface area contributed by atoms with Crippen LogP contribution < -0.4 is 4.74 Å². The Morgan fingerprint density at radius 1 is 1.41 bits per heavy atom. The maximum Gasteiger partial charge on any atom is 0.164 e. The van der Waals surface area contributed by atoms with Gasteiger partial charge in [0.25, 0.3) is 0 Å². The lowest BCUT2D eigenvalue weighted by molar-refractivity contribution is 0.286. The van der Waals surface area contributed by atoms with E-state index in [1.807, 2.05) is 13.0 Å². The summed E-state index contributed by atoms with van der Waals surface area (Å²) in [6.07, 6.45) is 1.50. The number of benzene rings is 1. The Bertz CT molecular complexity index is 541. The summed E-state index contributed by atoms with van der Waals surface area (Å²) in [6, 6.07) is 9.22. The quantitative estimate of drug-likeness (QED) is 0.799. The second-order valence-electron chi connectivity index (χ2n) is 3.39. The van der Waals surface area contributed by atoms with Crippen molar-refractivity contribution in [2.75, 3.05) is 0 Å². The van der Waals surface area contributed by atoms with Crippen molar-refractivity contribution >= 4 is 0 Å². The molecule has 2 rings (SSSR count). The van der Waals surface area contributed by atoms with Crippen LogP contribution in [0, 0.1) is 11.3 Å². The highest BCUT2D eigenvalue weighted by Gasteiger charge is 2.06. The fraction of sp³-hybridized carbons (Fsp3) is 0.250. The van der Waals surface area contributed by atoms with Crippen LogP contribution in [-0.2, 0) is 13.2 Å². The van der Waals surface area contributed by atoms with Crippen LogP contribution in [0.3, 0.4) is 0 Å². The topological polar surface area (TPSA) is 63.7 Å². The summed E-state index contributed by atoms with van der Waals surface area (Å²) < 4.78 is 7.33. The molecule has 0 bridgehead atoms. The zero-order valence-electron chi connectivity index (χ0n) is 9.50. The molecular formula is C12H12N4O. The smallest absolute Gasteiger partial charge is 0.164 e.